The summed E-state index contributed by atoms with van der Waals surface area (Å²) < 4.78 is 0. The maximum Gasteiger partial charge on any atom is 0.251 e. The van der Waals surface area contributed by atoms with Gasteiger partial charge in [-0.15, -0.1) is 0 Å². The van der Waals surface area contributed by atoms with Crippen molar-refractivity contribution in [3.05, 3.63) is 29.6 Å². The molecule has 0 spiro atoms. The van der Waals surface area contributed by atoms with E-state index in [1.807, 2.05) is 0 Å². The minimum absolute atomic E-state index is 0.0384. The molecule has 15 heavy (non-hydrogen) atoms. The molecule has 82 valence electrons. The van der Waals surface area contributed by atoms with Crippen molar-refractivity contribution in [2.24, 2.45) is 0 Å². The monoisotopic (exact) mass is 210 g/mol. The van der Waals surface area contributed by atoms with Crippen LogP contribution in [0.15, 0.2) is 18.3 Å². The first kappa shape index (κ1) is 11.6. The highest BCUT2D eigenvalue weighted by atomic mass is 16.3. The molecule has 0 aromatic carbocycles. The van der Waals surface area contributed by atoms with Crippen LogP contribution in [0.3, 0.4) is 0 Å². The molecule has 0 aliphatic carbocycles. The fourth-order valence-corrected chi connectivity index (χ4v) is 1.06. The van der Waals surface area contributed by atoms with Gasteiger partial charge < -0.3 is 15.5 Å². The number of aryl methyl sites for hydroxylation is 1. The van der Waals surface area contributed by atoms with Crippen molar-refractivity contribution in [1.29, 1.82) is 0 Å². The SMILES string of the molecule is Cc1cc(C(=O)NCC(O)CO)ccn1. The maximum absolute atomic E-state index is 11.5. The second kappa shape index (κ2) is 5.43. The standard InChI is InChI=1S/C10H14N2O3/c1-7-4-8(2-3-11-7)10(15)12-5-9(14)6-13/h2-4,9,13-14H,5-6H2,1H3,(H,12,15). The highest BCUT2D eigenvalue weighted by Gasteiger charge is 2.07. The molecule has 0 aliphatic heterocycles. The van der Waals surface area contributed by atoms with Gasteiger partial charge in [0.05, 0.1) is 12.7 Å². The predicted molar refractivity (Wildman–Crippen MR) is 54.4 cm³/mol. The molecule has 3 N–H and O–H groups in total. The van der Waals surface area contributed by atoms with Gasteiger partial charge in [-0.2, -0.15) is 0 Å². The lowest BCUT2D eigenvalue weighted by Gasteiger charge is -2.08. The molecule has 1 unspecified atom stereocenters. The molecule has 1 heterocycles. The zero-order valence-corrected chi connectivity index (χ0v) is 8.47. The normalized spacial score (nSPS) is 12.2. The topological polar surface area (TPSA) is 82.5 Å². The molecule has 1 rings (SSSR count). The fourth-order valence-electron chi connectivity index (χ4n) is 1.06. The summed E-state index contributed by atoms with van der Waals surface area (Å²) in [4.78, 5) is 15.4. The molecule has 5 nitrogen and oxygen atoms in total. The van der Waals surface area contributed by atoms with E-state index in [1.165, 1.54) is 0 Å². The summed E-state index contributed by atoms with van der Waals surface area (Å²) in [5.41, 5.74) is 1.25. The number of hydrogen-bond donors (Lipinski definition) is 3. The Balaban J connectivity index is 2.54. The van der Waals surface area contributed by atoms with Crippen LogP contribution in [0, 0.1) is 6.92 Å². The number of aliphatic hydroxyl groups excluding tert-OH is 2. The van der Waals surface area contributed by atoms with Gasteiger partial charge in [0.2, 0.25) is 0 Å². The van der Waals surface area contributed by atoms with E-state index in [9.17, 15) is 4.79 Å². The van der Waals surface area contributed by atoms with Crippen molar-refractivity contribution in [2.45, 2.75) is 13.0 Å². The van der Waals surface area contributed by atoms with Crippen LogP contribution < -0.4 is 5.32 Å². The fraction of sp³-hybridized carbons (Fsp3) is 0.400. The lowest BCUT2D eigenvalue weighted by Crippen LogP contribution is -2.33. The van der Waals surface area contributed by atoms with Gasteiger partial charge in [-0.25, -0.2) is 0 Å². The van der Waals surface area contributed by atoms with Crippen LogP contribution in [0.2, 0.25) is 0 Å². The summed E-state index contributed by atoms with van der Waals surface area (Å²) in [6.45, 7) is 1.46. The second-order valence-electron chi connectivity index (χ2n) is 3.23. The zero-order chi connectivity index (χ0) is 11.3. The van der Waals surface area contributed by atoms with Gasteiger partial charge in [0, 0.05) is 24.0 Å². The van der Waals surface area contributed by atoms with E-state index in [0.29, 0.717) is 5.56 Å². The van der Waals surface area contributed by atoms with Crippen molar-refractivity contribution < 1.29 is 15.0 Å². The summed E-state index contributed by atoms with van der Waals surface area (Å²) in [5, 5.41) is 20.1. The molecule has 0 radical (unpaired) electrons. The van der Waals surface area contributed by atoms with Gasteiger partial charge in [-0.05, 0) is 19.1 Å². The number of nitrogens with zero attached hydrogens (tertiary/aromatic N) is 1. The number of rotatable bonds is 4. The predicted octanol–water partition coefficient (Wildman–Crippen LogP) is -0.527. The molecule has 5 heteroatoms. The molecule has 0 fully saturated rings. The van der Waals surface area contributed by atoms with Crippen LogP contribution in [0.4, 0.5) is 0 Å². The van der Waals surface area contributed by atoms with E-state index in [-0.39, 0.29) is 19.1 Å². The number of pyridine rings is 1. The quantitative estimate of drug-likeness (QED) is 0.624. The van der Waals surface area contributed by atoms with Crippen LogP contribution in [0.5, 0.6) is 0 Å². The second-order valence-corrected chi connectivity index (χ2v) is 3.23. The van der Waals surface area contributed by atoms with E-state index in [1.54, 1.807) is 25.3 Å². The highest BCUT2D eigenvalue weighted by molar-refractivity contribution is 5.94. The lowest BCUT2D eigenvalue weighted by molar-refractivity contribution is 0.0802. The largest absolute Gasteiger partial charge is 0.394 e. The molecule has 1 atom stereocenters. The van der Waals surface area contributed by atoms with Crippen LogP contribution in [0.1, 0.15) is 16.1 Å². The average molecular weight is 210 g/mol. The Morgan fingerprint density at radius 3 is 3.00 bits per heavy atom. The molecule has 0 saturated heterocycles. The molecule has 0 aliphatic rings. The Morgan fingerprint density at radius 2 is 2.40 bits per heavy atom. The summed E-state index contributed by atoms with van der Waals surface area (Å²) in [6.07, 6.45) is 0.629. The molecular formula is C10H14N2O3. The van der Waals surface area contributed by atoms with E-state index in [0.717, 1.165) is 5.69 Å². The van der Waals surface area contributed by atoms with Gasteiger partial charge >= 0.3 is 0 Å². The van der Waals surface area contributed by atoms with E-state index >= 15 is 0 Å². The Bertz CT molecular complexity index is 341. The molecule has 0 bridgehead atoms. The Morgan fingerprint density at radius 1 is 1.67 bits per heavy atom. The molecular weight excluding hydrogens is 196 g/mol. The molecule has 1 aromatic heterocycles. The maximum atomic E-state index is 11.5. The van der Waals surface area contributed by atoms with Crippen molar-refractivity contribution in [2.75, 3.05) is 13.2 Å². The van der Waals surface area contributed by atoms with Gasteiger partial charge in [-0.3, -0.25) is 9.78 Å². The van der Waals surface area contributed by atoms with E-state index < -0.39 is 6.10 Å². The van der Waals surface area contributed by atoms with Crippen LogP contribution in [-0.4, -0.2) is 40.4 Å². The first-order chi connectivity index (χ1) is 7.13. The number of carbonyl (C=O) groups excluding carboxylic acids is 1. The molecule has 0 saturated carbocycles. The number of carbonyl (C=O) groups is 1. The Hall–Kier alpha value is -1.46. The van der Waals surface area contributed by atoms with Crippen LogP contribution in [-0.2, 0) is 0 Å². The van der Waals surface area contributed by atoms with Gasteiger partial charge in [0.25, 0.3) is 5.91 Å². The van der Waals surface area contributed by atoms with Crippen LogP contribution >= 0.6 is 0 Å². The van der Waals surface area contributed by atoms with Crippen molar-refractivity contribution in [3.8, 4) is 0 Å². The Labute approximate surface area is 87.8 Å². The highest BCUT2D eigenvalue weighted by Crippen LogP contribution is 2.00. The van der Waals surface area contributed by atoms with Crippen molar-refractivity contribution >= 4 is 5.91 Å². The Kier molecular flexibility index (Phi) is 4.20. The lowest BCUT2D eigenvalue weighted by atomic mass is 10.2. The van der Waals surface area contributed by atoms with Gasteiger partial charge in [0.1, 0.15) is 0 Å². The third-order valence-electron chi connectivity index (χ3n) is 1.87. The summed E-state index contributed by atoms with van der Waals surface area (Å²) in [7, 11) is 0. The third kappa shape index (κ3) is 3.65. The number of nitrogens with one attached hydrogen (secondary N) is 1. The molecule has 1 aromatic rings. The first-order valence-corrected chi connectivity index (χ1v) is 4.63. The smallest absolute Gasteiger partial charge is 0.251 e. The van der Waals surface area contributed by atoms with Crippen molar-refractivity contribution in [3.63, 3.8) is 0 Å². The average Bonchev–Trinajstić information content (AvgIpc) is 2.25. The number of hydrogen-bond acceptors (Lipinski definition) is 4. The third-order valence-corrected chi connectivity index (χ3v) is 1.87. The van der Waals surface area contributed by atoms with Gasteiger partial charge in [-0.1, -0.05) is 0 Å². The summed E-state index contributed by atoms with van der Waals surface area (Å²) in [6, 6.07) is 3.24. The van der Waals surface area contributed by atoms with Gasteiger partial charge in [0.15, 0.2) is 0 Å². The zero-order valence-electron chi connectivity index (χ0n) is 8.47. The number of amides is 1. The van der Waals surface area contributed by atoms with Crippen molar-refractivity contribution in [1.82, 2.24) is 10.3 Å². The first-order valence-electron chi connectivity index (χ1n) is 4.63. The van der Waals surface area contributed by atoms with E-state index in [4.69, 9.17) is 10.2 Å². The minimum Gasteiger partial charge on any atom is -0.394 e. The minimum atomic E-state index is -0.920. The summed E-state index contributed by atoms with van der Waals surface area (Å²) >= 11 is 0. The van der Waals surface area contributed by atoms with Crippen LogP contribution in [0.25, 0.3) is 0 Å². The van der Waals surface area contributed by atoms with E-state index in [2.05, 4.69) is 10.3 Å². The number of aromatic nitrogens is 1. The molecule has 1 amide bonds. The summed E-state index contributed by atoms with van der Waals surface area (Å²) in [5.74, 6) is -0.284. The number of aliphatic hydroxyl groups is 2.